The van der Waals surface area contributed by atoms with Gasteiger partial charge in [-0.2, -0.15) is 0 Å². The number of aromatic amines is 1. The lowest BCUT2D eigenvalue weighted by atomic mass is 10.3. The maximum Gasteiger partial charge on any atom is 0.332 e. The molecule has 0 fully saturated rings. The van der Waals surface area contributed by atoms with E-state index in [2.05, 4.69) is 4.98 Å². The molecule has 1 aromatic heterocycles. The molecule has 5 heteroatoms. The van der Waals surface area contributed by atoms with Gasteiger partial charge in [-0.05, 0) is 34.7 Å². The molecule has 0 spiro atoms. The molecule has 0 radical (unpaired) electrons. The van der Waals surface area contributed by atoms with Crippen LogP contribution < -0.4 is 11.2 Å². The van der Waals surface area contributed by atoms with Crippen molar-refractivity contribution in [2.45, 2.75) is 0 Å². The van der Waals surface area contributed by atoms with Crippen LogP contribution in [-0.4, -0.2) is 9.55 Å². The second-order valence-corrected chi connectivity index (χ2v) is 4.10. The molecule has 0 amide bonds. The summed E-state index contributed by atoms with van der Waals surface area (Å²) < 4.78 is 1.89. The summed E-state index contributed by atoms with van der Waals surface area (Å²) in [6.45, 7) is 0. The molecule has 0 aliphatic heterocycles. The van der Waals surface area contributed by atoms with Gasteiger partial charge in [0.15, 0.2) is 0 Å². The monoisotopic (exact) mass is 314 g/mol. The number of para-hydroxylation sites is 1. The van der Waals surface area contributed by atoms with Gasteiger partial charge in [-0.3, -0.25) is 14.3 Å². The van der Waals surface area contributed by atoms with Gasteiger partial charge in [0.1, 0.15) is 0 Å². The molecule has 76 valence electrons. The summed E-state index contributed by atoms with van der Waals surface area (Å²) in [5.74, 6) is 0. The topological polar surface area (TPSA) is 54.9 Å². The van der Waals surface area contributed by atoms with Crippen LogP contribution in [0, 0.1) is 3.57 Å². The Hall–Kier alpha value is -1.37. The maximum absolute atomic E-state index is 11.5. The average Bonchev–Trinajstić information content (AvgIpc) is 2.25. The Morgan fingerprint density at radius 3 is 2.47 bits per heavy atom. The number of nitrogens with one attached hydrogen (secondary N) is 1. The number of nitrogens with zero attached hydrogens (tertiary/aromatic N) is 1. The van der Waals surface area contributed by atoms with E-state index >= 15 is 0 Å². The highest BCUT2D eigenvalue weighted by molar-refractivity contribution is 14.1. The van der Waals surface area contributed by atoms with Gasteiger partial charge in [0.2, 0.25) is 0 Å². The Kier molecular flexibility index (Phi) is 2.72. The van der Waals surface area contributed by atoms with Gasteiger partial charge in [0.25, 0.3) is 5.56 Å². The SMILES string of the molecule is O=c1[nH]c(=O)n(-c2ccccc2)cc1I. The molecule has 0 aliphatic rings. The smallest absolute Gasteiger partial charge is 0.273 e. The molecular formula is C10H7IN2O2. The van der Waals surface area contributed by atoms with Crippen molar-refractivity contribution in [1.29, 1.82) is 0 Å². The van der Waals surface area contributed by atoms with Crippen LogP contribution in [0.1, 0.15) is 0 Å². The first kappa shape index (κ1) is 10.2. The summed E-state index contributed by atoms with van der Waals surface area (Å²) >= 11 is 1.89. The number of hydrogen-bond acceptors (Lipinski definition) is 2. The minimum atomic E-state index is -0.424. The molecule has 15 heavy (non-hydrogen) atoms. The molecule has 0 atom stereocenters. The molecule has 4 nitrogen and oxygen atoms in total. The molecule has 0 aliphatic carbocycles. The van der Waals surface area contributed by atoms with Crippen LogP contribution in [0.3, 0.4) is 0 Å². The predicted octanol–water partition coefficient (Wildman–Crippen LogP) is 1.13. The molecule has 2 rings (SSSR count). The van der Waals surface area contributed by atoms with Crippen molar-refractivity contribution in [3.05, 3.63) is 60.9 Å². The van der Waals surface area contributed by atoms with Crippen LogP contribution in [0.15, 0.2) is 46.1 Å². The summed E-state index contributed by atoms with van der Waals surface area (Å²) in [4.78, 5) is 24.9. The van der Waals surface area contributed by atoms with Crippen LogP contribution in [-0.2, 0) is 0 Å². The largest absolute Gasteiger partial charge is 0.332 e. The zero-order valence-corrected chi connectivity index (χ0v) is 9.76. The Labute approximate surface area is 98.7 Å². The predicted molar refractivity (Wildman–Crippen MR) is 65.4 cm³/mol. The fourth-order valence-corrected chi connectivity index (χ4v) is 1.64. The third-order valence-electron chi connectivity index (χ3n) is 1.93. The van der Waals surface area contributed by atoms with E-state index in [9.17, 15) is 9.59 Å². The summed E-state index contributed by atoms with van der Waals surface area (Å²) in [7, 11) is 0. The van der Waals surface area contributed by atoms with E-state index < -0.39 is 5.69 Å². The van der Waals surface area contributed by atoms with E-state index in [0.717, 1.165) is 5.69 Å². The highest BCUT2D eigenvalue weighted by Crippen LogP contribution is 2.03. The Morgan fingerprint density at radius 1 is 1.13 bits per heavy atom. The number of H-pyrrole nitrogens is 1. The van der Waals surface area contributed by atoms with Gasteiger partial charge in [-0.15, -0.1) is 0 Å². The quantitative estimate of drug-likeness (QED) is 0.802. The Bertz CT molecular complexity index is 586. The van der Waals surface area contributed by atoms with Crippen LogP contribution >= 0.6 is 22.6 Å². The van der Waals surface area contributed by atoms with Crippen molar-refractivity contribution in [1.82, 2.24) is 9.55 Å². The molecular weight excluding hydrogens is 307 g/mol. The summed E-state index contributed by atoms with van der Waals surface area (Å²) in [5.41, 5.74) is -0.0453. The molecule has 1 aromatic carbocycles. The standard InChI is InChI=1S/C10H7IN2O2/c11-8-6-13(10(15)12-9(8)14)7-4-2-1-3-5-7/h1-6H,(H,12,14,15). The van der Waals surface area contributed by atoms with Crippen LogP contribution in [0.5, 0.6) is 0 Å². The zero-order chi connectivity index (χ0) is 10.8. The lowest BCUT2D eigenvalue weighted by molar-refractivity contribution is 0.886. The number of aromatic nitrogens is 2. The molecule has 0 saturated heterocycles. The fraction of sp³-hybridized carbons (Fsp3) is 0. The molecule has 2 aromatic rings. The van der Waals surface area contributed by atoms with Crippen molar-refractivity contribution in [3.8, 4) is 5.69 Å². The van der Waals surface area contributed by atoms with E-state index in [-0.39, 0.29) is 5.56 Å². The molecule has 1 N–H and O–H groups in total. The van der Waals surface area contributed by atoms with Crippen LogP contribution in [0.4, 0.5) is 0 Å². The molecule has 0 unspecified atom stereocenters. The maximum atomic E-state index is 11.5. The fourth-order valence-electron chi connectivity index (χ4n) is 1.23. The third-order valence-corrected chi connectivity index (χ3v) is 2.70. The van der Waals surface area contributed by atoms with E-state index in [1.165, 1.54) is 10.8 Å². The van der Waals surface area contributed by atoms with Crippen molar-refractivity contribution >= 4 is 22.6 Å². The van der Waals surface area contributed by atoms with Crippen molar-refractivity contribution < 1.29 is 0 Å². The first-order chi connectivity index (χ1) is 7.18. The summed E-state index contributed by atoms with van der Waals surface area (Å²) in [6, 6.07) is 9.14. The highest BCUT2D eigenvalue weighted by Gasteiger charge is 2.02. The van der Waals surface area contributed by atoms with Gasteiger partial charge >= 0.3 is 5.69 Å². The second kappa shape index (κ2) is 4.01. The average molecular weight is 314 g/mol. The number of rotatable bonds is 1. The lowest BCUT2D eigenvalue weighted by Gasteiger charge is -2.04. The third kappa shape index (κ3) is 2.01. The van der Waals surface area contributed by atoms with Gasteiger partial charge in [-0.25, -0.2) is 4.79 Å². The minimum absolute atomic E-state index is 0.354. The Balaban J connectivity index is 2.70. The van der Waals surface area contributed by atoms with E-state index in [1.54, 1.807) is 12.1 Å². The zero-order valence-electron chi connectivity index (χ0n) is 7.61. The minimum Gasteiger partial charge on any atom is -0.273 e. The molecule has 1 heterocycles. The van der Waals surface area contributed by atoms with Gasteiger partial charge in [0.05, 0.1) is 9.26 Å². The number of hydrogen-bond donors (Lipinski definition) is 1. The molecule has 0 bridgehead atoms. The molecule has 0 saturated carbocycles. The first-order valence-corrected chi connectivity index (χ1v) is 5.33. The van der Waals surface area contributed by atoms with Crippen LogP contribution in [0.2, 0.25) is 0 Å². The highest BCUT2D eigenvalue weighted by atomic mass is 127. The summed E-state index contributed by atoms with van der Waals surface area (Å²) in [6.07, 6.45) is 1.52. The number of benzene rings is 1. The van der Waals surface area contributed by atoms with Gasteiger partial charge in [-0.1, -0.05) is 18.2 Å². The normalized spacial score (nSPS) is 10.2. The summed E-state index contributed by atoms with van der Waals surface area (Å²) in [5, 5.41) is 0. The second-order valence-electron chi connectivity index (χ2n) is 2.94. The Morgan fingerprint density at radius 2 is 1.80 bits per heavy atom. The lowest BCUT2D eigenvalue weighted by Crippen LogP contribution is -2.29. The van der Waals surface area contributed by atoms with E-state index in [4.69, 9.17) is 0 Å². The van der Waals surface area contributed by atoms with Gasteiger partial charge in [0, 0.05) is 6.20 Å². The van der Waals surface area contributed by atoms with Gasteiger partial charge < -0.3 is 0 Å². The van der Waals surface area contributed by atoms with E-state index in [0.29, 0.717) is 3.57 Å². The van der Waals surface area contributed by atoms with Crippen molar-refractivity contribution in [2.75, 3.05) is 0 Å². The van der Waals surface area contributed by atoms with Crippen LogP contribution in [0.25, 0.3) is 5.69 Å². The number of halogens is 1. The first-order valence-electron chi connectivity index (χ1n) is 4.25. The van der Waals surface area contributed by atoms with Crippen molar-refractivity contribution in [3.63, 3.8) is 0 Å². The van der Waals surface area contributed by atoms with Crippen molar-refractivity contribution in [2.24, 2.45) is 0 Å². The van der Waals surface area contributed by atoms with E-state index in [1.807, 2.05) is 40.8 Å².